The minimum atomic E-state index is -2.99. The zero-order valence-corrected chi connectivity index (χ0v) is 12.7. The van der Waals surface area contributed by atoms with Crippen molar-refractivity contribution in [2.75, 3.05) is 7.11 Å². The van der Waals surface area contributed by atoms with Crippen molar-refractivity contribution < 1.29 is 23.4 Å². The molecule has 0 saturated heterocycles. The third-order valence-corrected chi connectivity index (χ3v) is 3.37. The van der Waals surface area contributed by atoms with E-state index in [2.05, 4.69) is 31.0 Å². The van der Waals surface area contributed by atoms with Crippen molar-refractivity contribution in [3.8, 4) is 11.5 Å². The van der Waals surface area contributed by atoms with Crippen LogP contribution in [0.3, 0.4) is 0 Å². The summed E-state index contributed by atoms with van der Waals surface area (Å²) >= 11 is 3.17. The summed E-state index contributed by atoms with van der Waals surface area (Å²) in [6, 6.07) is 4.27. The molecular formula is C12H12BrF2N3O3. The molecule has 0 aliphatic carbocycles. The third-order valence-electron chi connectivity index (χ3n) is 2.81. The molecule has 0 aliphatic heterocycles. The van der Waals surface area contributed by atoms with Gasteiger partial charge in [-0.25, -0.2) is 4.68 Å². The Balaban J connectivity index is 2.40. The summed E-state index contributed by atoms with van der Waals surface area (Å²) in [6.07, 6.45) is -1.11. The van der Waals surface area contributed by atoms with Crippen molar-refractivity contribution in [3.05, 3.63) is 34.1 Å². The zero-order chi connectivity index (χ0) is 15.6. The molecule has 0 radical (unpaired) electrons. The van der Waals surface area contributed by atoms with Crippen LogP contribution < -0.4 is 9.47 Å². The van der Waals surface area contributed by atoms with Gasteiger partial charge in [-0.15, -0.1) is 5.10 Å². The van der Waals surface area contributed by atoms with Gasteiger partial charge in [0.1, 0.15) is 11.8 Å². The molecule has 1 N–H and O–H groups in total. The Hall–Kier alpha value is -1.74. The highest BCUT2D eigenvalue weighted by Crippen LogP contribution is 2.34. The number of rotatable bonds is 5. The minimum absolute atomic E-state index is 0.147. The first-order valence-electron chi connectivity index (χ1n) is 5.80. The molecule has 0 saturated carbocycles. The molecule has 21 heavy (non-hydrogen) atoms. The van der Waals surface area contributed by atoms with Gasteiger partial charge in [-0.1, -0.05) is 11.3 Å². The van der Waals surface area contributed by atoms with Crippen LogP contribution in [-0.4, -0.2) is 33.8 Å². The number of ether oxygens (including phenoxy) is 2. The highest BCUT2D eigenvalue weighted by Gasteiger charge is 2.21. The van der Waals surface area contributed by atoms with Gasteiger partial charge in [0.15, 0.2) is 16.1 Å². The van der Waals surface area contributed by atoms with Gasteiger partial charge in [-0.3, -0.25) is 0 Å². The number of aromatic nitrogens is 3. The summed E-state index contributed by atoms with van der Waals surface area (Å²) in [5, 5.41) is 17.9. The molecule has 0 bridgehead atoms. The van der Waals surface area contributed by atoms with Crippen LogP contribution in [0.2, 0.25) is 0 Å². The van der Waals surface area contributed by atoms with Gasteiger partial charge in [0.2, 0.25) is 0 Å². The Morgan fingerprint density at radius 1 is 1.33 bits per heavy atom. The average Bonchev–Trinajstić information content (AvgIpc) is 2.76. The maximum absolute atomic E-state index is 12.4. The van der Waals surface area contributed by atoms with E-state index in [4.69, 9.17) is 4.74 Å². The summed E-state index contributed by atoms with van der Waals surface area (Å²) < 4.78 is 35.9. The van der Waals surface area contributed by atoms with Crippen LogP contribution in [0.15, 0.2) is 22.8 Å². The van der Waals surface area contributed by atoms with Gasteiger partial charge in [-0.05, 0) is 33.6 Å². The molecule has 2 rings (SSSR count). The maximum atomic E-state index is 12.4. The lowest BCUT2D eigenvalue weighted by Crippen LogP contribution is -2.09. The Morgan fingerprint density at radius 2 is 2.05 bits per heavy atom. The first-order chi connectivity index (χ1) is 9.93. The lowest BCUT2D eigenvalue weighted by atomic mass is 10.1. The van der Waals surface area contributed by atoms with Crippen LogP contribution in [0, 0.1) is 0 Å². The molecule has 1 atom stereocenters. The number of hydrogen-bond donors (Lipinski definition) is 1. The SMILES string of the molecule is COc1ccc(C(O)c2c(Br)nnn2C)cc1OC(F)F. The van der Waals surface area contributed by atoms with E-state index in [-0.39, 0.29) is 11.5 Å². The summed E-state index contributed by atoms with van der Waals surface area (Å²) in [7, 11) is 2.95. The number of hydrogen-bond acceptors (Lipinski definition) is 5. The number of aliphatic hydroxyl groups is 1. The molecule has 0 fully saturated rings. The molecule has 1 aromatic carbocycles. The standard InChI is InChI=1S/C12H12BrF2N3O3/c1-18-9(11(13)16-17-18)10(19)6-3-4-7(20-2)8(5-6)21-12(14)15/h3-5,10,12,19H,1-2H3. The monoisotopic (exact) mass is 363 g/mol. The van der Waals surface area contributed by atoms with Crippen LogP contribution in [0.25, 0.3) is 0 Å². The Labute approximate surface area is 127 Å². The number of methoxy groups -OCH3 is 1. The van der Waals surface area contributed by atoms with E-state index in [0.29, 0.717) is 15.9 Å². The van der Waals surface area contributed by atoms with Gasteiger partial charge in [-0.2, -0.15) is 8.78 Å². The first-order valence-corrected chi connectivity index (χ1v) is 6.59. The van der Waals surface area contributed by atoms with Crippen molar-refractivity contribution in [3.63, 3.8) is 0 Å². The van der Waals surface area contributed by atoms with E-state index in [1.165, 1.54) is 23.9 Å². The van der Waals surface area contributed by atoms with E-state index in [1.807, 2.05) is 0 Å². The van der Waals surface area contributed by atoms with E-state index < -0.39 is 12.7 Å². The normalized spacial score (nSPS) is 12.5. The lowest BCUT2D eigenvalue weighted by Gasteiger charge is -2.15. The summed E-state index contributed by atoms with van der Waals surface area (Å²) in [5.41, 5.74) is 0.737. The van der Waals surface area contributed by atoms with Crippen molar-refractivity contribution in [2.24, 2.45) is 7.05 Å². The number of halogens is 3. The largest absolute Gasteiger partial charge is 0.493 e. The van der Waals surface area contributed by atoms with Crippen LogP contribution in [0.5, 0.6) is 11.5 Å². The second kappa shape index (κ2) is 6.35. The van der Waals surface area contributed by atoms with Crippen molar-refractivity contribution in [2.45, 2.75) is 12.7 Å². The molecule has 9 heteroatoms. The molecule has 0 spiro atoms. The third kappa shape index (κ3) is 3.30. The fraction of sp³-hybridized carbons (Fsp3) is 0.333. The molecule has 1 unspecified atom stereocenters. The number of aliphatic hydroxyl groups excluding tert-OH is 1. The van der Waals surface area contributed by atoms with Gasteiger partial charge < -0.3 is 14.6 Å². The number of aryl methyl sites for hydroxylation is 1. The highest BCUT2D eigenvalue weighted by molar-refractivity contribution is 9.10. The summed E-state index contributed by atoms with van der Waals surface area (Å²) in [5.74, 6) is -0.0104. The van der Waals surface area contributed by atoms with Gasteiger partial charge in [0, 0.05) is 7.05 Å². The van der Waals surface area contributed by atoms with Crippen LogP contribution >= 0.6 is 15.9 Å². The molecule has 1 aromatic heterocycles. The zero-order valence-electron chi connectivity index (χ0n) is 11.1. The maximum Gasteiger partial charge on any atom is 0.387 e. The van der Waals surface area contributed by atoms with E-state index in [0.717, 1.165) is 0 Å². The van der Waals surface area contributed by atoms with Crippen molar-refractivity contribution in [1.82, 2.24) is 15.0 Å². The topological polar surface area (TPSA) is 69.4 Å². The Morgan fingerprint density at radius 3 is 2.57 bits per heavy atom. The van der Waals surface area contributed by atoms with Crippen LogP contribution in [-0.2, 0) is 7.05 Å². The lowest BCUT2D eigenvalue weighted by molar-refractivity contribution is -0.0513. The second-order valence-electron chi connectivity index (χ2n) is 4.08. The number of benzene rings is 1. The highest BCUT2D eigenvalue weighted by atomic mass is 79.9. The average molecular weight is 364 g/mol. The fourth-order valence-corrected chi connectivity index (χ4v) is 2.38. The van der Waals surface area contributed by atoms with E-state index in [9.17, 15) is 13.9 Å². The van der Waals surface area contributed by atoms with Crippen LogP contribution in [0.4, 0.5) is 8.78 Å². The smallest absolute Gasteiger partial charge is 0.387 e. The molecule has 0 aliphatic rings. The predicted octanol–water partition coefficient (Wildman–Crippen LogP) is 2.27. The summed E-state index contributed by atoms with van der Waals surface area (Å²) in [4.78, 5) is 0. The predicted molar refractivity (Wildman–Crippen MR) is 72.4 cm³/mol. The van der Waals surface area contributed by atoms with E-state index >= 15 is 0 Å². The second-order valence-corrected chi connectivity index (χ2v) is 4.83. The van der Waals surface area contributed by atoms with Gasteiger partial charge in [0.05, 0.1) is 7.11 Å². The summed E-state index contributed by atoms with van der Waals surface area (Å²) in [6.45, 7) is -2.99. The number of nitrogens with zero attached hydrogens (tertiary/aromatic N) is 3. The molecular weight excluding hydrogens is 352 g/mol. The minimum Gasteiger partial charge on any atom is -0.493 e. The number of alkyl halides is 2. The first kappa shape index (κ1) is 15.6. The molecule has 6 nitrogen and oxygen atoms in total. The van der Waals surface area contributed by atoms with Crippen molar-refractivity contribution >= 4 is 15.9 Å². The van der Waals surface area contributed by atoms with Crippen LogP contribution in [0.1, 0.15) is 17.4 Å². The Kier molecular flexibility index (Phi) is 4.73. The molecule has 1 heterocycles. The molecule has 2 aromatic rings. The quantitative estimate of drug-likeness (QED) is 0.882. The van der Waals surface area contributed by atoms with Gasteiger partial charge >= 0.3 is 6.61 Å². The van der Waals surface area contributed by atoms with Gasteiger partial charge in [0.25, 0.3) is 0 Å². The molecule has 0 amide bonds. The fourth-order valence-electron chi connectivity index (χ4n) is 1.84. The van der Waals surface area contributed by atoms with Crippen molar-refractivity contribution in [1.29, 1.82) is 0 Å². The van der Waals surface area contributed by atoms with E-state index in [1.54, 1.807) is 13.1 Å². The Bertz CT molecular complexity index is 617. The molecule has 114 valence electrons.